The van der Waals surface area contributed by atoms with Gasteiger partial charge in [-0.2, -0.15) is 0 Å². The molecule has 0 fully saturated rings. The molecule has 3 atom stereocenters. The molecule has 0 aliphatic heterocycles. The lowest BCUT2D eigenvalue weighted by Gasteiger charge is -2.38. The summed E-state index contributed by atoms with van der Waals surface area (Å²) >= 11 is 0. The Morgan fingerprint density at radius 3 is 1.62 bits per heavy atom. The molecule has 230 valence electrons. The molecule has 48 heavy (non-hydrogen) atoms. The maximum atomic E-state index is 2.51. The van der Waals surface area contributed by atoms with E-state index in [1.807, 2.05) is 0 Å². The van der Waals surface area contributed by atoms with Gasteiger partial charge in [0.25, 0.3) is 0 Å². The lowest BCUT2D eigenvalue weighted by molar-refractivity contribution is 0.553. The van der Waals surface area contributed by atoms with E-state index in [1.54, 1.807) is 0 Å². The third kappa shape index (κ3) is 5.09. The molecular weight excluding hydrogens is 577 g/mol. The van der Waals surface area contributed by atoms with Crippen molar-refractivity contribution in [3.63, 3.8) is 0 Å². The van der Waals surface area contributed by atoms with Gasteiger partial charge in [-0.05, 0) is 115 Å². The van der Waals surface area contributed by atoms with Gasteiger partial charge in [0.2, 0.25) is 0 Å². The van der Waals surface area contributed by atoms with Crippen molar-refractivity contribution in [1.29, 1.82) is 0 Å². The number of fused-ring (bicyclic) bond motifs is 3. The first-order valence-electron chi connectivity index (χ1n) is 17.4. The molecule has 3 unspecified atom stereocenters. The van der Waals surface area contributed by atoms with Crippen LogP contribution in [0.25, 0.3) is 39.0 Å². The van der Waals surface area contributed by atoms with E-state index in [0.717, 1.165) is 12.8 Å². The van der Waals surface area contributed by atoms with Crippen molar-refractivity contribution in [3.8, 4) is 22.3 Å². The third-order valence-electron chi connectivity index (χ3n) is 10.7. The highest BCUT2D eigenvalue weighted by molar-refractivity contribution is 5.93. The monoisotopic (exact) mass is 614 g/mol. The molecule has 0 bridgehead atoms. The van der Waals surface area contributed by atoms with Crippen molar-refractivity contribution in [2.45, 2.75) is 19.3 Å². The number of hydrogen-bond donors (Lipinski definition) is 0. The first kappa shape index (κ1) is 28.7. The van der Waals surface area contributed by atoms with Crippen molar-refractivity contribution in [3.05, 3.63) is 209 Å². The van der Waals surface area contributed by atoms with Crippen LogP contribution in [0.4, 0.5) is 0 Å². The fraction of sp³-hybridized carbons (Fsp3) is 0.125. The molecule has 0 saturated heterocycles. The van der Waals surface area contributed by atoms with E-state index in [2.05, 4.69) is 176 Å². The van der Waals surface area contributed by atoms with Crippen LogP contribution in [0.5, 0.6) is 0 Å². The summed E-state index contributed by atoms with van der Waals surface area (Å²) in [6.07, 6.45) is 20.2. The molecule has 0 N–H and O–H groups in total. The second kappa shape index (κ2) is 12.3. The molecular formula is C48H38. The SMILES string of the molecule is C1=CC2C(C3=C(c4ccccc4)C=C4C=CCCC4C3)=c3ccccc3=C(c3cc(-c4ccccc4)cc(-c4ccccc4)c3)C2C=C1. The Hall–Kier alpha value is -5.46. The molecule has 5 aromatic carbocycles. The Labute approximate surface area is 283 Å². The maximum absolute atomic E-state index is 2.51. The van der Waals surface area contributed by atoms with E-state index in [4.69, 9.17) is 0 Å². The minimum Gasteiger partial charge on any atom is -0.0842 e. The Balaban J connectivity index is 1.36. The first-order valence-corrected chi connectivity index (χ1v) is 17.4. The van der Waals surface area contributed by atoms with E-state index in [-0.39, 0.29) is 11.8 Å². The summed E-state index contributed by atoms with van der Waals surface area (Å²) < 4.78 is 0. The Kier molecular flexibility index (Phi) is 7.36. The van der Waals surface area contributed by atoms with Crippen molar-refractivity contribution in [2.24, 2.45) is 17.8 Å². The van der Waals surface area contributed by atoms with E-state index >= 15 is 0 Å². The van der Waals surface area contributed by atoms with Crippen molar-refractivity contribution < 1.29 is 0 Å². The molecule has 0 spiro atoms. The van der Waals surface area contributed by atoms with Crippen LogP contribution in [-0.4, -0.2) is 0 Å². The topological polar surface area (TPSA) is 0 Å². The number of allylic oxidation sites excluding steroid dienone is 10. The number of hydrogen-bond acceptors (Lipinski definition) is 0. The fourth-order valence-electron chi connectivity index (χ4n) is 8.51. The van der Waals surface area contributed by atoms with Gasteiger partial charge in [-0.15, -0.1) is 0 Å². The van der Waals surface area contributed by atoms with Crippen LogP contribution < -0.4 is 10.4 Å². The average Bonchev–Trinajstić information content (AvgIpc) is 3.17. The lowest BCUT2D eigenvalue weighted by Crippen LogP contribution is -2.41. The normalized spacial score (nSPS) is 21.0. The van der Waals surface area contributed by atoms with Crippen molar-refractivity contribution >= 4 is 16.7 Å². The number of benzene rings is 5. The van der Waals surface area contributed by atoms with Crippen LogP contribution in [0.2, 0.25) is 0 Å². The summed E-state index contributed by atoms with van der Waals surface area (Å²) in [6, 6.07) is 49.2. The minimum atomic E-state index is 0.232. The summed E-state index contributed by atoms with van der Waals surface area (Å²) in [5, 5.41) is 2.74. The van der Waals surface area contributed by atoms with Crippen LogP contribution in [0.3, 0.4) is 0 Å². The van der Waals surface area contributed by atoms with Gasteiger partial charge in [0, 0.05) is 11.8 Å². The molecule has 0 nitrogen and oxygen atoms in total. The molecule has 0 radical (unpaired) electrons. The molecule has 9 rings (SSSR count). The van der Waals surface area contributed by atoms with Gasteiger partial charge < -0.3 is 0 Å². The quantitative estimate of drug-likeness (QED) is 0.185. The van der Waals surface area contributed by atoms with Crippen LogP contribution in [0.15, 0.2) is 187 Å². The number of rotatable bonds is 5. The molecule has 4 aliphatic carbocycles. The van der Waals surface area contributed by atoms with Gasteiger partial charge >= 0.3 is 0 Å². The van der Waals surface area contributed by atoms with Gasteiger partial charge in [0.05, 0.1) is 0 Å². The van der Waals surface area contributed by atoms with E-state index in [9.17, 15) is 0 Å². The van der Waals surface area contributed by atoms with Crippen molar-refractivity contribution in [1.82, 2.24) is 0 Å². The minimum absolute atomic E-state index is 0.232. The van der Waals surface area contributed by atoms with Crippen LogP contribution in [0, 0.1) is 17.8 Å². The summed E-state index contributed by atoms with van der Waals surface area (Å²) in [5.41, 5.74) is 14.9. The highest BCUT2D eigenvalue weighted by atomic mass is 14.4. The maximum Gasteiger partial charge on any atom is 0.0137 e. The highest BCUT2D eigenvalue weighted by Gasteiger charge is 2.36. The predicted octanol–water partition coefficient (Wildman–Crippen LogP) is 10.5. The second-order valence-electron chi connectivity index (χ2n) is 13.5. The van der Waals surface area contributed by atoms with Gasteiger partial charge in [-0.1, -0.05) is 158 Å². The predicted molar refractivity (Wildman–Crippen MR) is 202 cm³/mol. The van der Waals surface area contributed by atoms with E-state index < -0.39 is 0 Å². The third-order valence-corrected chi connectivity index (χ3v) is 10.7. The van der Waals surface area contributed by atoms with E-state index in [1.165, 1.54) is 78.1 Å². The largest absolute Gasteiger partial charge is 0.0842 e. The smallest absolute Gasteiger partial charge is 0.0137 e. The molecule has 0 saturated carbocycles. The zero-order valence-electron chi connectivity index (χ0n) is 27.1. The fourth-order valence-corrected chi connectivity index (χ4v) is 8.51. The Morgan fingerprint density at radius 2 is 1.00 bits per heavy atom. The Bertz CT molecular complexity index is 2230. The highest BCUT2D eigenvalue weighted by Crippen LogP contribution is 2.48. The Morgan fingerprint density at radius 1 is 0.479 bits per heavy atom. The van der Waals surface area contributed by atoms with Crippen LogP contribution in [-0.2, 0) is 0 Å². The molecule has 0 aromatic heterocycles. The lowest BCUT2D eigenvalue weighted by atomic mass is 9.66. The average molecular weight is 615 g/mol. The molecule has 0 amide bonds. The molecule has 0 heteroatoms. The van der Waals surface area contributed by atoms with Gasteiger partial charge in [0.1, 0.15) is 0 Å². The second-order valence-corrected chi connectivity index (χ2v) is 13.5. The summed E-state index contributed by atoms with van der Waals surface area (Å²) in [7, 11) is 0. The zero-order chi connectivity index (χ0) is 31.9. The zero-order valence-corrected chi connectivity index (χ0v) is 27.1. The van der Waals surface area contributed by atoms with E-state index in [0.29, 0.717) is 5.92 Å². The van der Waals surface area contributed by atoms with Gasteiger partial charge in [-0.25, -0.2) is 0 Å². The first-order chi connectivity index (χ1) is 23.8. The van der Waals surface area contributed by atoms with Crippen LogP contribution >= 0.6 is 0 Å². The molecule has 4 aliphatic rings. The standard InChI is InChI=1S/C48H38/c1-4-16-33(17-5-1)38-28-39(34-18-6-2-7-19-34)30-40(29-38)47-41-24-12-14-26-43(41)48(44-27-15-13-25-42(44)47)46-32-37-23-11-10-22-36(37)31-45(46)35-20-8-3-9-21-35/h1-10,12-22,24-31,37,41,43H,11,23,32H2. The molecule has 0 heterocycles. The summed E-state index contributed by atoms with van der Waals surface area (Å²) in [5.74, 6) is 1.05. The van der Waals surface area contributed by atoms with Gasteiger partial charge in [0.15, 0.2) is 0 Å². The summed E-state index contributed by atoms with van der Waals surface area (Å²) in [4.78, 5) is 0. The van der Waals surface area contributed by atoms with Gasteiger partial charge in [-0.3, -0.25) is 0 Å². The molecule has 5 aromatic rings. The summed E-state index contributed by atoms with van der Waals surface area (Å²) in [6.45, 7) is 0. The van der Waals surface area contributed by atoms with Crippen molar-refractivity contribution in [2.75, 3.05) is 0 Å². The van der Waals surface area contributed by atoms with Crippen LogP contribution in [0.1, 0.15) is 30.4 Å².